The predicted octanol–water partition coefficient (Wildman–Crippen LogP) is 4.14. The average molecular weight is 290 g/mol. The number of anilines is 1. The summed E-state index contributed by atoms with van der Waals surface area (Å²) in [6, 6.07) is 3.72. The predicted molar refractivity (Wildman–Crippen MR) is 84.9 cm³/mol. The van der Waals surface area contributed by atoms with Crippen molar-refractivity contribution in [1.29, 1.82) is 0 Å². The number of nitrogens with one attached hydrogen (secondary N) is 1. The van der Waals surface area contributed by atoms with Crippen molar-refractivity contribution in [3.8, 4) is 0 Å². The van der Waals surface area contributed by atoms with Gasteiger partial charge in [-0.3, -0.25) is 0 Å². The van der Waals surface area contributed by atoms with Crippen LogP contribution in [0.3, 0.4) is 0 Å². The zero-order valence-electron chi connectivity index (χ0n) is 13.4. The highest BCUT2D eigenvalue weighted by Gasteiger charge is 2.31. The summed E-state index contributed by atoms with van der Waals surface area (Å²) in [5.74, 6) is 1.39. The Morgan fingerprint density at radius 2 is 2.14 bits per heavy atom. The Kier molecular flexibility index (Phi) is 4.86. The van der Waals surface area contributed by atoms with Gasteiger partial charge in [0.1, 0.15) is 5.82 Å². The highest BCUT2D eigenvalue weighted by molar-refractivity contribution is 5.88. The molecule has 1 aromatic rings. The lowest BCUT2D eigenvalue weighted by atomic mass is 9.93. The van der Waals surface area contributed by atoms with Gasteiger partial charge in [0.25, 0.3) is 0 Å². The minimum atomic E-state index is -0.895. The molecule has 0 aromatic carbocycles. The van der Waals surface area contributed by atoms with Crippen molar-refractivity contribution in [2.45, 2.75) is 58.9 Å². The molecule has 4 nitrogen and oxygen atoms in total. The Morgan fingerprint density at radius 1 is 1.43 bits per heavy atom. The third-order valence-corrected chi connectivity index (χ3v) is 4.77. The van der Waals surface area contributed by atoms with Crippen LogP contribution in [0.15, 0.2) is 12.1 Å². The SMILES string of the molecule is CCC1CCC(Nc2cc(C(=O)O)cc(C(C)C)n2)C1C. The topological polar surface area (TPSA) is 62.2 Å². The highest BCUT2D eigenvalue weighted by Crippen LogP contribution is 2.35. The lowest BCUT2D eigenvalue weighted by Gasteiger charge is -2.22. The van der Waals surface area contributed by atoms with Crippen molar-refractivity contribution in [3.05, 3.63) is 23.4 Å². The van der Waals surface area contributed by atoms with Gasteiger partial charge in [-0.05, 0) is 42.7 Å². The fraction of sp³-hybridized carbons (Fsp3) is 0.647. The quantitative estimate of drug-likeness (QED) is 0.855. The number of carboxylic acids is 1. The van der Waals surface area contributed by atoms with Crippen molar-refractivity contribution in [2.75, 3.05) is 5.32 Å². The number of pyridine rings is 1. The molecular weight excluding hydrogens is 264 g/mol. The molecule has 21 heavy (non-hydrogen) atoms. The van der Waals surface area contributed by atoms with Gasteiger partial charge in [-0.25, -0.2) is 9.78 Å². The van der Waals surface area contributed by atoms with Crippen molar-refractivity contribution >= 4 is 11.8 Å². The smallest absolute Gasteiger partial charge is 0.335 e. The van der Waals surface area contributed by atoms with E-state index >= 15 is 0 Å². The van der Waals surface area contributed by atoms with Gasteiger partial charge in [0.15, 0.2) is 0 Å². The van der Waals surface area contributed by atoms with Crippen LogP contribution < -0.4 is 5.32 Å². The molecule has 4 heteroatoms. The molecule has 3 atom stereocenters. The van der Waals surface area contributed by atoms with Crippen LogP contribution in [-0.2, 0) is 0 Å². The molecule has 1 aliphatic rings. The maximum absolute atomic E-state index is 11.3. The molecule has 1 saturated carbocycles. The zero-order valence-corrected chi connectivity index (χ0v) is 13.4. The van der Waals surface area contributed by atoms with E-state index in [4.69, 9.17) is 0 Å². The van der Waals surface area contributed by atoms with Crippen LogP contribution in [-0.4, -0.2) is 22.1 Å². The summed E-state index contributed by atoms with van der Waals surface area (Å²) in [7, 11) is 0. The lowest BCUT2D eigenvalue weighted by molar-refractivity contribution is 0.0696. The van der Waals surface area contributed by atoms with Crippen LogP contribution in [0.2, 0.25) is 0 Å². The second kappa shape index (κ2) is 6.46. The Balaban J connectivity index is 2.21. The molecule has 0 spiro atoms. The number of carbonyl (C=O) groups is 1. The second-order valence-corrected chi connectivity index (χ2v) is 6.48. The second-order valence-electron chi connectivity index (χ2n) is 6.48. The molecule has 0 radical (unpaired) electrons. The Morgan fingerprint density at radius 3 is 2.67 bits per heavy atom. The van der Waals surface area contributed by atoms with Crippen LogP contribution in [0.4, 0.5) is 5.82 Å². The molecule has 3 unspecified atom stereocenters. The number of aromatic carboxylic acids is 1. The van der Waals surface area contributed by atoms with E-state index in [1.54, 1.807) is 12.1 Å². The van der Waals surface area contributed by atoms with E-state index in [9.17, 15) is 9.90 Å². The van der Waals surface area contributed by atoms with Crippen molar-refractivity contribution in [3.63, 3.8) is 0 Å². The number of hydrogen-bond donors (Lipinski definition) is 2. The van der Waals surface area contributed by atoms with Gasteiger partial charge >= 0.3 is 5.97 Å². The van der Waals surface area contributed by atoms with E-state index in [1.807, 2.05) is 13.8 Å². The van der Waals surface area contributed by atoms with Crippen LogP contribution in [0, 0.1) is 11.8 Å². The van der Waals surface area contributed by atoms with E-state index < -0.39 is 5.97 Å². The summed E-state index contributed by atoms with van der Waals surface area (Å²) >= 11 is 0. The Labute approximate surface area is 127 Å². The molecule has 0 bridgehead atoms. The summed E-state index contributed by atoms with van der Waals surface area (Å²) in [5.41, 5.74) is 1.14. The first-order chi connectivity index (χ1) is 9.92. The summed E-state index contributed by atoms with van der Waals surface area (Å²) < 4.78 is 0. The van der Waals surface area contributed by atoms with Gasteiger partial charge in [0.2, 0.25) is 0 Å². The number of aromatic nitrogens is 1. The number of carboxylic acid groups (broad SMARTS) is 1. The molecule has 2 rings (SSSR count). The molecule has 1 aliphatic carbocycles. The van der Waals surface area contributed by atoms with Crippen LogP contribution in [0.25, 0.3) is 0 Å². The van der Waals surface area contributed by atoms with Gasteiger partial charge in [-0.2, -0.15) is 0 Å². The van der Waals surface area contributed by atoms with E-state index in [1.165, 1.54) is 12.8 Å². The molecule has 1 fully saturated rings. The van der Waals surface area contributed by atoms with E-state index in [2.05, 4.69) is 24.1 Å². The first-order valence-corrected chi connectivity index (χ1v) is 7.94. The minimum Gasteiger partial charge on any atom is -0.478 e. The molecule has 0 saturated heterocycles. The van der Waals surface area contributed by atoms with Crippen LogP contribution in [0.5, 0.6) is 0 Å². The summed E-state index contributed by atoms with van der Waals surface area (Å²) in [6.07, 6.45) is 3.58. The van der Waals surface area contributed by atoms with Gasteiger partial charge in [0, 0.05) is 11.7 Å². The third kappa shape index (κ3) is 3.55. The normalized spacial score (nSPS) is 25.3. The largest absolute Gasteiger partial charge is 0.478 e. The van der Waals surface area contributed by atoms with Crippen LogP contribution in [0.1, 0.15) is 68.9 Å². The molecule has 116 valence electrons. The van der Waals surface area contributed by atoms with E-state index in [0.29, 0.717) is 23.3 Å². The van der Waals surface area contributed by atoms with Crippen molar-refractivity contribution in [2.24, 2.45) is 11.8 Å². The fourth-order valence-electron chi connectivity index (χ4n) is 3.26. The summed E-state index contributed by atoms with van der Waals surface area (Å²) in [4.78, 5) is 15.9. The zero-order chi connectivity index (χ0) is 15.6. The van der Waals surface area contributed by atoms with Crippen molar-refractivity contribution in [1.82, 2.24) is 4.98 Å². The molecule has 0 amide bonds. The summed E-state index contributed by atoms with van der Waals surface area (Å²) in [5, 5.41) is 12.7. The highest BCUT2D eigenvalue weighted by atomic mass is 16.4. The van der Waals surface area contributed by atoms with Crippen LogP contribution >= 0.6 is 0 Å². The Bertz CT molecular complexity index is 514. The molecule has 0 aliphatic heterocycles. The number of nitrogens with zero attached hydrogens (tertiary/aromatic N) is 1. The monoisotopic (exact) mass is 290 g/mol. The van der Waals surface area contributed by atoms with E-state index in [-0.39, 0.29) is 5.92 Å². The van der Waals surface area contributed by atoms with Gasteiger partial charge < -0.3 is 10.4 Å². The number of rotatable bonds is 5. The fourth-order valence-corrected chi connectivity index (χ4v) is 3.26. The maximum atomic E-state index is 11.3. The molecular formula is C17H26N2O2. The number of hydrogen-bond acceptors (Lipinski definition) is 3. The average Bonchev–Trinajstić information content (AvgIpc) is 2.79. The minimum absolute atomic E-state index is 0.217. The molecule has 1 heterocycles. The maximum Gasteiger partial charge on any atom is 0.335 e. The van der Waals surface area contributed by atoms with Crippen molar-refractivity contribution < 1.29 is 9.90 Å². The van der Waals surface area contributed by atoms with Gasteiger partial charge in [-0.15, -0.1) is 0 Å². The standard InChI is InChI=1S/C17H26N2O2/c1-5-12-6-7-14(11(12)4)18-16-9-13(17(20)21)8-15(19-16)10(2)3/h8-12,14H,5-7H2,1-4H3,(H,18,19)(H,20,21). The Hall–Kier alpha value is -1.58. The van der Waals surface area contributed by atoms with Gasteiger partial charge in [-0.1, -0.05) is 34.1 Å². The lowest BCUT2D eigenvalue weighted by Crippen LogP contribution is -2.25. The summed E-state index contributed by atoms with van der Waals surface area (Å²) in [6.45, 7) is 8.58. The third-order valence-electron chi connectivity index (χ3n) is 4.77. The molecule has 1 aromatic heterocycles. The first-order valence-electron chi connectivity index (χ1n) is 7.94. The first kappa shape index (κ1) is 15.8. The van der Waals surface area contributed by atoms with E-state index in [0.717, 1.165) is 18.0 Å². The molecule has 2 N–H and O–H groups in total. The van der Waals surface area contributed by atoms with Gasteiger partial charge in [0.05, 0.1) is 5.56 Å².